The summed E-state index contributed by atoms with van der Waals surface area (Å²) in [6, 6.07) is 0. The molecular formula is C8H15F5. The maximum atomic E-state index is 11.3. The van der Waals surface area contributed by atoms with E-state index in [-0.39, 0.29) is 14.9 Å². The van der Waals surface area contributed by atoms with Gasteiger partial charge in [-0.1, -0.05) is 21.4 Å². The summed E-state index contributed by atoms with van der Waals surface area (Å²) in [5.41, 5.74) is 0. The molecule has 0 aliphatic heterocycles. The van der Waals surface area contributed by atoms with E-state index in [0.29, 0.717) is 0 Å². The van der Waals surface area contributed by atoms with E-state index in [1.54, 1.807) is 0 Å². The molecule has 0 bridgehead atoms. The Morgan fingerprint density at radius 2 is 1.23 bits per heavy atom. The number of hydrogen-bond donors (Lipinski definition) is 0. The molecule has 0 amide bonds. The van der Waals surface area contributed by atoms with E-state index in [1.807, 2.05) is 0 Å². The molecule has 0 aromatic carbocycles. The van der Waals surface area contributed by atoms with Crippen LogP contribution in [0.2, 0.25) is 0 Å². The zero-order valence-electron chi connectivity index (χ0n) is 5.59. The van der Waals surface area contributed by atoms with Crippen LogP contribution in [-0.2, 0) is 0 Å². The summed E-state index contributed by atoms with van der Waals surface area (Å²) in [6.07, 6.45) is -5.27. The molecule has 0 fully saturated rings. The lowest BCUT2D eigenvalue weighted by molar-refractivity contribution is 0.141. The smallest absolute Gasteiger partial charge is 0.212 e. The van der Waals surface area contributed by atoms with Crippen LogP contribution in [0.25, 0.3) is 0 Å². The number of allylic oxidation sites excluding steroid dienone is 1. The third-order valence-corrected chi connectivity index (χ3v) is 0.376. The van der Waals surface area contributed by atoms with Crippen molar-refractivity contribution in [3.05, 3.63) is 25.1 Å². The van der Waals surface area contributed by atoms with Gasteiger partial charge < -0.3 is 0 Å². The molecule has 0 aliphatic carbocycles. The molecule has 0 aromatic rings. The normalized spacial score (nSPS) is 7.23. The topological polar surface area (TPSA) is 0 Å². The Labute approximate surface area is 75.8 Å². The average Bonchev–Trinajstić information content (AvgIpc) is 1.56. The Balaban J connectivity index is -0.0000000600. The van der Waals surface area contributed by atoms with Crippen LogP contribution in [0.4, 0.5) is 22.0 Å². The summed E-state index contributed by atoms with van der Waals surface area (Å²) >= 11 is 0. The molecule has 0 saturated heterocycles. The largest absolute Gasteiger partial charge is 0.263 e. The Kier molecular flexibility index (Phi) is 24.0. The zero-order chi connectivity index (χ0) is 9.44. The Hall–Kier alpha value is -0.870. The number of rotatable bonds is 2. The van der Waals surface area contributed by atoms with E-state index in [2.05, 4.69) is 13.2 Å². The van der Waals surface area contributed by atoms with E-state index in [4.69, 9.17) is 0 Å². The van der Waals surface area contributed by atoms with Crippen molar-refractivity contribution in [2.75, 3.05) is 0 Å². The predicted molar refractivity (Wildman–Crippen MR) is 45.7 cm³/mol. The van der Waals surface area contributed by atoms with Crippen LogP contribution >= 0.6 is 0 Å². The Bertz CT molecular complexity index is 126. The van der Waals surface area contributed by atoms with Gasteiger partial charge in [-0.3, -0.25) is 0 Å². The highest BCUT2D eigenvalue weighted by atomic mass is 19.3. The van der Waals surface area contributed by atoms with Crippen LogP contribution in [0.3, 0.4) is 0 Å². The minimum Gasteiger partial charge on any atom is -0.212 e. The summed E-state index contributed by atoms with van der Waals surface area (Å²) in [5, 5.41) is 0. The summed E-state index contributed by atoms with van der Waals surface area (Å²) in [6.45, 7) is 4.87. The van der Waals surface area contributed by atoms with Crippen molar-refractivity contribution in [2.24, 2.45) is 0 Å². The van der Waals surface area contributed by atoms with Crippen LogP contribution in [0.15, 0.2) is 25.1 Å². The second-order valence-electron chi connectivity index (χ2n) is 1.45. The lowest BCUT2D eigenvalue weighted by atomic mass is 10.4. The van der Waals surface area contributed by atoms with Crippen molar-refractivity contribution in [2.45, 2.75) is 27.7 Å². The maximum Gasteiger partial charge on any atom is 0.263 e. The predicted octanol–water partition coefficient (Wildman–Crippen LogP) is 4.79. The van der Waals surface area contributed by atoms with E-state index in [9.17, 15) is 22.0 Å². The van der Waals surface area contributed by atoms with Gasteiger partial charge in [-0.05, 0) is 6.58 Å². The third kappa shape index (κ3) is 94.7. The number of hydrogen-bond acceptors (Lipinski definition) is 0. The molecule has 5 heteroatoms. The average molecular weight is 206 g/mol. The zero-order valence-corrected chi connectivity index (χ0v) is 5.59. The van der Waals surface area contributed by atoms with Crippen molar-refractivity contribution in [3.8, 4) is 0 Å². The molecule has 0 saturated carbocycles. The van der Waals surface area contributed by atoms with Gasteiger partial charge in [0, 0.05) is 0 Å². The molecule has 13 heavy (non-hydrogen) atoms. The molecule has 0 spiro atoms. The molecule has 0 N–H and O–H groups in total. The van der Waals surface area contributed by atoms with Crippen LogP contribution < -0.4 is 0 Å². The quantitative estimate of drug-likeness (QED) is 0.569. The molecule has 0 aromatic heterocycles. The van der Waals surface area contributed by atoms with Gasteiger partial charge in [-0.15, -0.1) is 0 Å². The van der Waals surface area contributed by atoms with Gasteiger partial charge in [0.15, 0.2) is 0 Å². The van der Waals surface area contributed by atoms with Gasteiger partial charge in [0.2, 0.25) is 6.43 Å². The van der Waals surface area contributed by atoms with Crippen LogP contribution in [0.1, 0.15) is 21.3 Å². The first-order chi connectivity index (χ1) is 4.86. The summed E-state index contributed by atoms with van der Waals surface area (Å²) in [5.74, 6) is -0.963. The van der Waals surface area contributed by atoms with Gasteiger partial charge in [0.05, 0.1) is 12.2 Å². The Morgan fingerprint density at radius 3 is 1.23 bits per heavy atom. The molecular weight excluding hydrogens is 191 g/mol. The first-order valence-electron chi connectivity index (χ1n) is 2.47. The monoisotopic (exact) mass is 206 g/mol. The van der Waals surface area contributed by atoms with Gasteiger partial charge >= 0.3 is 0 Å². The number of halogens is 5. The molecule has 0 nitrogen and oxygen atoms in total. The second kappa shape index (κ2) is 13.7. The highest BCUT2D eigenvalue weighted by molar-refractivity contribution is 4.79. The minimum atomic E-state index is -2.60. The molecule has 0 heterocycles. The highest BCUT2D eigenvalue weighted by Crippen LogP contribution is 2.07. The van der Waals surface area contributed by atoms with Crippen molar-refractivity contribution in [1.29, 1.82) is 0 Å². The fourth-order valence-corrected chi connectivity index (χ4v) is 0.167. The van der Waals surface area contributed by atoms with Crippen molar-refractivity contribution < 1.29 is 22.0 Å². The van der Waals surface area contributed by atoms with Crippen molar-refractivity contribution in [3.63, 3.8) is 0 Å². The maximum absolute atomic E-state index is 11.3. The van der Waals surface area contributed by atoms with Crippen molar-refractivity contribution in [1.82, 2.24) is 0 Å². The van der Waals surface area contributed by atoms with Gasteiger partial charge in [0.1, 0.15) is 0 Å². The van der Waals surface area contributed by atoms with Gasteiger partial charge in [-0.25, -0.2) is 13.2 Å². The molecule has 0 rings (SSSR count). The van der Waals surface area contributed by atoms with Gasteiger partial charge in [0.25, 0.3) is 6.08 Å². The van der Waals surface area contributed by atoms with E-state index in [0.717, 1.165) is 0 Å². The SMILES string of the molecule is C.C.C=C(F)CC(F)F.C=C(F)F. The van der Waals surface area contributed by atoms with E-state index in [1.165, 1.54) is 0 Å². The third-order valence-electron chi connectivity index (χ3n) is 0.376. The lowest BCUT2D eigenvalue weighted by Crippen LogP contribution is -1.87. The molecule has 0 atom stereocenters. The second-order valence-corrected chi connectivity index (χ2v) is 1.45. The first kappa shape index (κ1) is 22.7. The molecule has 0 unspecified atom stereocenters. The number of alkyl halides is 2. The first-order valence-corrected chi connectivity index (χ1v) is 2.47. The molecule has 0 aliphatic rings. The fraction of sp³-hybridized carbons (Fsp3) is 0.500. The fourth-order valence-electron chi connectivity index (χ4n) is 0.167. The van der Waals surface area contributed by atoms with Crippen molar-refractivity contribution >= 4 is 0 Å². The van der Waals surface area contributed by atoms with Crippen LogP contribution in [0.5, 0.6) is 0 Å². The van der Waals surface area contributed by atoms with E-state index < -0.39 is 24.8 Å². The summed E-state index contributed by atoms with van der Waals surface area (Å²) in [4.78, 5) is 0. The van der Waals surface area contributed by atoms with Crippen LogP contribution in [-0.4, -0.2) is 6.43 Å². The minimum absolute atomic E-state index is 0. The highest BCUT2D eigenvalue weighted by Gasteiger charge is 2.02. The van der Waals surface area contributed by atoms with Gasteiger partial charge in [-0.2, -0.15) is 8.78 Å². The van der Waals surface area contributed by atoms with Crippen LogP contribution in [0, 0.1) is 0 Å². The lowest BCUT2D eigenvalue weighted by Gasteiger charge is -1.89. The Morgan fingerprint density at radius 1 is 1.00 bits per heavy atom. The summed E-state index contributed by atoms with van der Waals surface area (Å²) in [7, 11) is 0. The molecule has 82 valence electrons. The van der Waals surface area contributed by atoms with E-state index >= 15 is 0 Å². The standard InChI is InChI=1S/C4H5F3.C2H2F2.2CH4/c1-3(5)2-4(6)7;1-2(3)4;;/h4H,1-2H2;1H2;2*1H4. The molecule has 0 radical (unpaired) electrons. The summed E-state index contributed by atoms with van der Waals surface area (Å²) < 4.78 is 53.5.